The molecule has 86 valence electrons. The Balaban J connectivity index is 2.53. The van der Waals surface area contributed by atoms with Crippen molar-refractivity contribution in [2.24, 2.45) is 5.73 Å². The lowest BCUT2D eigenvalue weighted by Gasteiger charge is -2.08. The average molecular weight is 216 g/mol. The Morgan fingerprint density at radius 3 is 2.81 bits per heavy atom. The van der Waals surface area contributed by atoms with Gasteiger partial charge in [-0.3, -0.25) is 0 Å². The van der Waals surface area contributed by atoms with Gasteiger partial charge in [0.1, 0.15) is 0 Å². The van der Waals surface area contributed by atoms with Crippen molar-refractivity contribution in [1.29, 1.82) is 0 Å². The first-order valence-corrected chi connectivity index (χ1v) is 6.05. The first-order valence-electron chi connectivity index (χ1n) is 6.05. The smallest absolute Gasteiger partial charge is 0.0512 e. The van der Waals surface area contributed by atoms with Crippen molar-refractivity contribution < 1.29 is 0 Å². The van der Waals surface area contributed by atoms with E-state index >= 15 is 0 Å². The molecule has 0 radical (unpaired) electrons. The summed E-state index contributed by atoms with van der Waals surface area (Å²) in [5, 5.41) is 1.36. The maximum Gasteiger partial charge on any atom is 0.0512 e. The first kappa shape index (κ1) is 11.2. The lowest BCUT2D eigenvalue weighted by molar-refractivity contribution is 0.706. The molecule has 2 heteroatoms. The highest BCUT2D eigenvalue weighted by atomic mass is 15.0. The van der Waals surface area contributed by atoms with Crippen LogP contribution < -0.4 is 5.73 Å². The Bertz CT molecular complexity index is 483. The number of nitrogens with zero attached hydrogens (tertiary/aromatic N) is 1. The molecule has 0 aliphatic rings. The third-order valence-corrected chi connectivity index (χ3v) is 3.16. The van der Waals surface area contributed by atoms with Crippen LogP contribution in [0.15, 0.2) is 24.3 Å². The van der Waals surface area contributed by atoms with Crippen molar-refractivity contribution in [3.8, 4) is 0 Å². The molecule has 2 nitrogen and oxygen atoms in total. The Labute approximate surface area is 97.1 Å². The molecule has 1 heterocycles. The molecular formula is C14H20N2. The van der Waals surface area contributed by atoms with Crippen molar-refractivity contribution in [2.75, 3.05) is 6.54 Å². The van der Waals surface area contributed by atoms with Gasteiger partial charge in [-0.05, 0) is 44.9 Å². The highest BCUT2D eigenvalue weighted by Gasteiger charge is 2.08. The van der Waals surface area contributed by atoms with Gasteiger partial charge in [0, 0.05) is 17.6 Å². The van der Waals surface area contributed by atoms with Gasteiger partial charge in [-0.1, -0.05) is 18.2 Å². The molecule has 0 atom stereocenters. The third kappa shape index (κ3) is 1.85. The minimum Gasteiger partial charge on any atom is -0.345 e. The van der Waals surface area contributed by atoms with Crippen molar-refractivity contribution in [3.63, 3.8) is 0 Å². The fraction of sp³-hybridized carbons (Fsp3) is 0.429. The van der Waals surface area contributed by atoms with Gasteiger partial charge in [0.15, 0.2) is 0 Å². The van der Waals surface area contributed by atoms with Crippen molar-refractivity contribution in [2.45, 2.75) is 33.2 Å². The summed E-state index contributed by atoms with van der Waals surface area (Å²) in [5.74, 6) is 0. The van der Waals surface area contributed by atoms with E-state index in [9.17, 15) is 0 Å². The summed E-state index contributed by atoms with van der Waals surface area (Å²) < 4.78 is 2.42. The standard InChI is InChI=1S/C14H20N2/c1-3-16-13(8-5-9-15)10-12-7-4-6-11(2)14(12)16/h4,6-7,10H,3,5,8-9,15H2,1-2H3. The highest BCUT2D eigenvalue weighted by Crippen LogP contribution is 2.23. The van der Waals surface area contributed by atoms with Gasteiger partial charge >= 0.3 is 0 Å². The zero-order valence-corrected chi connectivity index (χ0v) is 10.2. The molecule has 0 bridgehead atoms. The first-order chi connectivity index (χ1) is 7.77. The molecule has 2 aromatic rings. The zero-order chi connectivity index (χ0) is 11.5. The van der Waals surface area contributed by atoms with E-state index in [-0.39, 0.29) is 0 Å². The van der Waals surface area contributed by atoms with Gasteiger partial charge in [-0.2, -0.15) is 0 Å². The molecule has 1 aromatic carbocycles. The number of fused-ring (bicyclic) bond motifs is 1. The van der Waals surface area contributed by atoms with Crippen molar-refractivity contribution >= 4 is 10.9 Å². The summed E-state index contributed by atoms with van der Waals surface area (Å²) in [6.07, 6.45) is 2.15. The SMILES string of the molecule is CCn1c(CCCN)cc2cccc(C)c21. The van der Waals surface area contributed by atoms with Crippen LogP contribution in [0.3, 0.4) is 0 Å². The summed E-state index contributed by atoms with van der Waals surface area (Å²) in [4.78, 5) is 0. The molecule has 16 heavy (non-hydrogen) atoms. The van der Waals surface area contributed by atoms with E-state index in [1.165, 1.54) is 22.2 Å². The molecule has 0 saturated heterocycles. The molecule has 0 saturated carbocycles. The maximum absolute atomic E-state index is 5.58. The second kappa shape index (κ2) is 4.71. The average Bonchev–Trinajstić information content (AvgIpc) is 2.65. The normalized spacial score (nSPS) is 11.2. The van der Waals surface area contributed by atoms with E-state index < -0.39 is 0 Å². The number of hydrogen-bond acceptors (Lipinski definition) is 1. The van der Waals surface area contributed by atoms with Crippen LogP contribution in [0.25, 0.3) is 10.9 Å². The summed E-state index contributed by atoms with van der Waals surface area (Å²) >= 11 is 0. The monoisotopic (exact) mass is 216 g/mol. The highest BCUT2D eigenvalue weighted by molar-refractivity contribution is 5.84. The van der Waals surface area contributed by atoms with E-state index in [2.05, 4.69) is 42.7 Å². The predicted octanol–water partition coefficient (Wildman–Crippen LogP) is 2.86. The minimum atomic E-state index is 0.768. The van der Waals surface area contributed by atoms with Gasteiger partial charge in [-0.15, -0.1) is 0 Å². The van der Waals surface area contributed by atoms with E-state index in [0.717, 1.165) is 25.9 Å². The van der Waals surface area contributed by atoms with Gasteiger partial charge in [0.2, 0.25) is 0 Å². The van der Waals surface area contributed by atoms with Gasteiger partial charge in [-0.25, -0.2) is 0 Å². The van der Waals surface area contributed by atoms with Crippen LogP contribution in [0.4, 0.5) is 0 Å². The largest absolute Gasteiger partial charge is 0.345 e. The number of benzene rings is 1. The number of aromatic nitrogens is 1. The summed E-state index contributed by atoms with van der Waals surface area (Å²) in [6, 6.07) is 8.81. The molecule has 0 aliphatic heterocycles. The topological polar surface area (TPSA) is 30.9 Å². The fourth-order valence-corrected chi connectivity index (χ4v) is 2.42. The lowest BCUT2D eigenvalue weighted by atomic mass is 10.1. The van der Waals surface area contributed by atoms with Crippen LogP contribution in [0.1, 0.15) is 24.6 Å². The molecule has 0 unspecified atom stereocenters. The van der Waals surface area contributed by atoms with Crippen LogP contribution in [0.2, 0.25) is 0 Å². The second-order valence-corrected chi connectivity index (χ2v) is 4.28. The summed E-state index contributed by atoms with van der Waals surface area (Å²) in [6.45, 7) is 6.19. The van der Waals surface area contributed by atoms with E-state index in [0.29, 0.717) is 0 Å². The molecule has 0 spiro atoms. The molecule has 0 amide bonds. The Kier molecular flexibility index (Phi) is 3.30. The van der Waals surface area contributed by atoms with Crippen molar-refractivity contribution in [3.05, 3.63) is 35.5 Å². The summed E-state index contributed by atoms with van der Waals surface area (Å²) in [7, 11) is 0. The van der Waals surface area contributed by atoms with E-state index in [4.69, 9.17) is 5.73 Å². The zero-order valence-electron chi connectivity index (χ0n) is 10.2. The second-order valence-electron chi connectivity index (χ2n) is 4.28. The van der Waals surface area contributed by atoms with Crippen LogP contribution in [0.5, 0.6) is 0 Å². The Morgan fingerprint density at radius 2 is 2.12 bits per heavy atom. The third-order valence-electron chi connectivity index (χ3n) is 3.16. The van der Waals surface area contributed by atoms with Crippen LogP contribution in [0, 0.1) is 6.92 Å². The van der Waals surface area contributed by atoms with Gasteiger partial charge in [0.05, 0.1) is 5.52 Å². The molecule has 0 fully saturated rings. The van der Waals surface area contributed by atoms with Crippen LogP contribution in [-0.2, 0) is 13.0 Å². The predicted molar refractivity (Wildman–Crippen MR) is 69.7 cm³/mol. The minimum absolute atomic E-state index is 0.768. The number of rotatable bonds is 4. The summed E-state index contributed by atoms with van der Waals surface area (Å²) in [5.41, 5.74) is 9.74. The number of aryl methyl sites for hydroxylation is 3. The van der Waals surface area contributed by atoms with Gasteiger partial charge in [0.25, 0.3) is 0 Å². The number of nitrogens with two attached hydrogens (primary N) is 1. The molecule has 2 rings (SSSR count). The van der Waals surface area contributed by atoms with Crippen LogP contribution >= 0.6 is 0 Å². The molecule has 1 aromatic heterocycles. The van der Waals surface area contributed by atoms with E-state index in [1.54, 1.807) is 0 Å². The van der Waals surface area contributed by atoms with Crippen LogP contribution in [-0.4, -0.2) is 11.1 Å². The maximum atomic E-state index is 5.58. The van der Waals surface area contributed by atoms with Crippen molar-refractivity contribution in [1.82, 2.24) is 4.57 Å². The fourth-order valence-electron chi connectivity index (χ4n) is 2.42. The lowest BCUT2D eigenvalue weighted by Crippen LogP contribution is -2.05. The quantitative estimate of drug-likeness (QED) is 0.837. The van der Waals surface area contributed by atoms with E-state index in [1.807, 2.05) is 0 Å². The Hall–Kier alpha value is -1.28. The van der Waals surface area contributed by atoms with Gasteiger partial charge < -0.3 is 10.3 Å². The number of para-hydroxylation sites is 1. The number of hydrogen-bond donors (Lipinski definition) is 1. The molecule has 0 aliphatic carbocycles. The Morgan fingerprint density at radius 1 is 1.31 bits per heavy atom. The molecular weight excluding hydrogens is 196 g/mol. The molecule has 2 N–H and O–H groups in total.